The quantitative estimate of drug-likeness (QED) is 0.384. The molecule has 0 aliphatic rings. The van der Waals surface area contributed by atoms with Crippen molar-refractivity contribution in [2.45, 2.75) is 6.92 Å². The third-order valence-electron chi connectivity index (χ3n) is 0.751. The molecule has 0 radical (unpaired) electrons. The minimum absolute atomic E-state index is 0.0567. The van der Waals surface area contributed by atoms with E-state index in [0.29, 0.717) is 6.61 Å². The van der Waals surface area contributed by atoms with Crippen LogP contribution in [0.5, 0.6) is 0 Å². The van der Waals surface area contributed by atoms with Crippen molar-refractivity contribution >= 4 is 83.6 Å². The summed E-state index contributed by atoms with van der Waals surface area (Å²) in [4.78, 5) is 20.3. The number of thioether (sulfide) groups is 1. The molecule has 0 saturated carbocycles. The molecule has 0 spiro atoms. The third-order valence-corrected chi connectivity index (χ3v) is 1.64. The van der Waals surface area contributed by atoms with Crippen LogP contribution in [0, 0.1) is 0 Å². The van der Waals surface area contributed by atoms with Gasteiger partial charge in [-0.25, -0.2) is 0 Å². The van der Waals surface area contributed by atoms with Gasteiger partial charge >= 0.3 is 76.8 Å². The van der Waals surface area contributed by atoms with Crippen LogP contribution in [-0.4, -0.2) is 35.2 Å². The van der Waals surface area contributed by atoms with Gasteiger partial charge in [0.2, 0.25) is 0 Å². The number of carbonyl (C=O) groups is 2. The van der Waals surface area contributed by atoms with Crippen molar-refractivity contribution in [2.24, 2.45) is 0 Å². The standard InChI is InChI=1S/C6H10O4S.3HI.V/c1-2-10-6(9)4-11-3-5(7)8;;;;/h2-4H2,1H3,(H,7,8);3*1H;/q;;;;+3/p-3. The molecule has 90 valence electrons. The number of aliphatic carboxylic acids is 1. The van der Waals surface area contributed by atoms with Crippen LogP contribution >= 0.6 is 71.7 Å². The second kappa shape index (κ2) is 14.1. The van der Waals surface area contributed by atoms with Crippen molar-refractivity contribution < 1.29 is 24.4 Å². The molecule has 0 bridgehead atoms. The van der Waals surface area contributed by atoms with Crippen LogP contribution in [0.15, 0.2) is 0 Å². The number of hydrogen-bond donors (Lipinski definition) is 1. The molecule has 0 aromatic carbocycles. The first kappa shape index (κ1) is 19.4. The van der Waals surface area contributed by atoms with Gasteiger partial charge < -0.3 is 9.84 Å². The van der Waals surface area contributed by atoms with E-state index in [0.717, 1.165) is 11.8 Å². The van der Waals surface area contributed by atoms with Gasteiger partial charge in [0.1, 0.15) is 0 Å². The number of carboxylic acids is 1. The summed E-state index contributed by atoms with van der Waals surface area (Å²) in [6, 6.07) is 0. The molecule has 0 rings (SSSR count). The summed E-state index contributed by atoms with van der Waals surface area (Å²) in [6.07, 6.45) is 0. The van der Waals surface area contributed by atoms with Crippen LogP contribution in [0.1, 0.15) is 6.92 Å². The summed E-state index contributed by atoms with van der Waals surface area (Å²) in [7, 11) is 0. The topological polar surface area (TPSA) is 63.6 Å². The van der Waals surface area contributed by atoms with E-state index in [2.05, 4.69) is 64.7 Å². The molecule has 4 nitrogen and oxygen atoms in total. The van der Waals surface area contributed by atoms with Gasteiger partial charge in [-0.1, -0.05) is 0 Å². The molecule has 0 fully saturated rings. The Kier molecular flexibility index (Phi) is 18.3. The van der Waals surface area contributed by atoms with Crippen molar-refractivity contribution in [3.63, 3.8) is 0 Å². The number of ether oxygens (including phenoxy) is 1. The predicted molar refractivity (Wildman–Crippen MR) is 83.7 cm³/mol. The van der Waals surface area contributed by atoms with Gasteiger partial charge in [0.15, 0.2) is 0 Å². The Morgan fingerprint density at radius 1 is 1.33 bits per heavy atom. The maximum atomic E-state index is 10.6. The Hall–Kier alpha value is 2.06. The number of rotatable bonds is 5. The molecule has 0 aromatic heterocycles. The Morgan fingerprint density at radius 2 is 1.80 bits per heavy atom. The second-order valence-electron chi connectivity index (χ2n) is 1.88. The van der Waals surface area contributed by atoms with E-state index in [-0.39, 0.29) is 22.4 Å². The van der Waals surface area contributed by atoms with Gasteiger partial charge in [-0.3, -0.25) is 9.59 Å². The van der Waals surface area contributed by atoms with Gasteiger partial charge in [0.05, 0.1) is 18.1 Å². The fourth-order valence-corrected chi connectivity index (χ4v) is 0.951. The van der Waals surface area contributed by atoms with Crippen molar-refractivity contribution in [3.8, 4) is 0 Å². The van der Waals surface area contributed by atoms with Gasteiger partial charge in [-0.2, -0.15) is 0 Å². The van der Waals surface area contributed by atoms with E-state index < -0.39 is 5.97 Å². The average Bonchev–Trinajstić information content (AvgIpc) is 2.02. The van der Waals surface area contributed by atoms with Crippen LogP contribution in [0.2, 0.25) is 0 Å². The summed E-state index contributed by atoms with van der Waals surface area (Å²) >= 11 is 8.42. The Bertz CT molecular complexity index is 190. The molecule has 0 heterocycles. The summed E-state index contributed by atoms with van der Waals surface area (Å²) in [5, 5.41) is 8.18. The second-order valence-corrected chi connectivity index (χ2v) is 38.2. The third kappa shape index (κ3) is 26.0. The summed E-state index contributed by atoms with van der Waals surface area (Å²) in [5.41, 5.74) is 0. The summed E-state index contributed by atoms with van der Waals surface area (Å²) in [6.45, 7) is 2.05. The minimum atomic E-state index is -0.917. The van der Waals surface area contributed by atoms with Gasteiger partial charge in [-0.05, 0) is 6.92 Å². The number of halogens is 3. The first-order valence-electron chi connectivity index (χ1n) is 3.62. The van der Waals surface area contributed by atoms with E-state index in [4.69, 9.17) is 5.11 Å². The molecule has 0 saturated heterocycles. The molecule has 0 aliphatic heterocycles. The molecule has 1 N–H and O–H groups in total. The molecular formula is C6H10I3O4SV. The summed E-state index contributed by atoms with van der Waals surface area (Å²) in [5.74, 6) is -1.23. The van der Waals surface area contributed by atoms with Gasteiger partial charge in [0.25, 0.3) is 0 Å². The molecule has 0 unspecified atom stereocenters. The molecular weight excluding hydrogens is 600 g/mol. The van der Waals surface area contributed by atoms with Crippen molar-refractivity contribution in [3.05, 3.63) is 0 Å². The number of hydrogen-bond acceptors (Lipinski definition) is 4. The van der Waals surface area contributed by atoms with Crippen LogP contribution in [-0.2, 0) is 19.2 Å². The normalized spacial score (nSPS) is 9.13. The van der Waals surface area contributed by atoms with Gasteiger partial charge in [0, 0.05) is 0 Å². The van der Waals surface area contributed by atoms with Crippen molar-refractivity contribution in [1.82, 2.24) is 0 Å². The first-order chi connectivity index (χ1) is 6.90. The summed E-state index contributed by atoms with van der Waals surface area (Å²) < 4.78 is 4.57. The van der Waals surface area contributed by atoms with Crippen LogP contribution in [0.3, 0.4) is 0 Å². The van der Waals surface area contributed by atoms with E-state index in [9.17, 15) is 9.59 Å². The number of carbonyl (C=O) groups excluding carboxylic acids is 1. The Balaban J connectivity index is 0. The fourth-order valence-electron chi connectivity index (χ4n) is 0.424. The van der Waals surface area contributed by atoms with Crippen LogP contribution in [0.25, 0.3) is 0 Å². The number of carboxylic acid groups (broad SMARTS) is 1. The first-order valence-corrected chi connectivity index (χ1v) is 18.3. The Morgan fingerprint density at radius 3 is 2.13 bits per heavy atom. The van der Waals surface area contributed by atoms with Crippen molar-refractivity contribution in [1.29, 1.82) is 0 Å². The SMILES string of the molecule is CCOC(=O)CSCC(=O)O.[I][V]([I])[I]. The zero-order chi connectivity index (χ0) is 12.3. The zero-order valence-electron chi connectivity index (χ0n) is 7.78. The van der Waals surface area contributed by atoms with E-state index in [1.807, 2.05) is 0 Å². The Labute approximate surface area is 131 Å². The monoisotopic (exact) mass is 610 g/mol. The number of esters is 1. The van der Waals surface area contributed by atoms with Gasteiger partial charge in [-0.15, -0.1) is 11.8 Å². The molecule has 0 aromatic rings. The van der Waals surface area contributed by atoms with Crippen LogP contribution in [0.4, 0.5) is 0 Å². The van der Waals surface area contributed by atoms with Crippen LogP contribution < -0.4 is 0 Å². The maximum absolute atomic E-state index is 10.6. The fraction of sp³-hybridized carbons (Fsp3) is 0.667. The van der Waals surface area contributed by atoms with E-state index in [1.165, 1.54) is 0 Å². The molecule has 0 amide bonds. The van der Waals surface area contributed by atoms with E-state index in [1.54, 1.807) is 6.92 Å². The molecule has 9 heteroatoms. The molecule has 0 atom stereocenters. The zero-order valence-corrected chi connectivity index (χ0v) is 16.5. The average molecular weight is 610 g/mol. The van der Waals surface area contributed by atoms with E-state index >= 15 is 0 Å². The van der Waals surface area contributed by atoms with Crippen molar-refractivity contribution in [2.75, 3.05) is 18.1 Å². The predicted octanol–water partition coefficient (Wildman–Crippen LogP) is 3.02. The molecule has 0 aliphatic carbocycles. The molecule has 15 heavy (non-hydrogen) atoms.